The van der Waals surface area contributed by atoms with Gasteiger partial charge >= 0.3 is 11.9 Å². The summed E-state index contributed by atoms with van der Waals surface area (Å²) in [5.74, 6) is -1.59. The van der Waals surface area contributed by atoms with E-state index >= 15 is 0 Å². The SMILES string of the molecule is CCCCCCCCCCCC(O)=CC(=O)OC(CCCCCCC)CC(=O)O. The Bertz CT molecular complexity index is 445. The first-order valence-electron chi connectivity index (χ1n) is 11.8. The van der Waals surface area contributed by atoms with Crippen molar-refractivity contribution in [1.29, 1.82) is 0 Å². The molecule has 0 aliphatic carbocycles. The van der Waals surface area contributed by atoms with Gasteiger partial charge in [-0.25, -0.2) is 4.79 Å². The van der Waals surface area contributed by atoms with Gasteiger partial charge in [0.05, 0.1) is 18.3 Å². The first-order chi connectivity index (χ1) is 14.0. The van der Waals surface area contributed by atoms with Gasteiger partial charge in [-0.05, 0) is 19.3 Å². The zero-order chi connectivity index (χ0) is 21.7. The second-order valence-corrected chi connectivity index (χ2v) is 8.07. The molecule has 0 fully saturated rings. The van der Waals surface area contributed by atoms with Crippen LogP contribution in [0.2, 0.25) is 0 Å². The van der Waals surface area contributed by atoms with E-state index < -0.39 is 18.0 Å². The molecular weight excluding hydrogens is 368 g/mol. The number of allylic oxidation sites excluding steroid dienone is 1. The van der Waals surface area contributed by atoms with Crippen molar-refractivity contribution >= 4 is 11.9 Å². The molecule has 0 heterocycles. The first-order valence-corrected chi connectivity index (χ1v) is 11.8. The number of hydrogen-bond acceptors (Lipinski definition) is 4. The molecule has 0 aromatic carbocycles. The van der Waals surface area contributed by atoms with Crippen molar-refractivity contribution in [2.24, 2.45) is 0 Å². The minimum atomic E-state index is -0.973. The molecule has 0 saturated carbocycles. The van der Waals surface area contributed by atoms with Crippen LogP contribution in [-0.4, -0.2) is 28.3 Å². The highest BCUT2D eigenvalue weighted by Gasteiger charge is 2.17. The predicted molar refractivity (Wildman–Crippen MR) is 118 cm³/mol. The molecule has 1 unspecified atom stereocenters. The number of esters is 1. The summed E-state index contributed by atoms with van der Waals surface area (Å²) >= 11 is 0. The van der Waals surface area contributed by atoms with Crippen LogP contribution in [0.4, 0.5) is 0 Å². The van der Waals surface area contributed by atoms with Crippen LogP contribution in [-0.2, 0) is 14.3 Å². The number of hydrogen-bond donors (Lipinski definition) is 2. The summed E-state index contributed by atoms with van der Waals surface area (Å²) in [6.07, 6.45) is 17.4. The summed E-state index contributed by atoms with van der Waals surface area (Å²) in [4.78, 5) is 23.0. The molecule has 2 N–H and O–H groups in total. The monoisotopic (exact) mass is 412 g/mol. The van der Waals surface area contributed by atoms with Gasteiger partial charge in [-0.2, -0.15) is 0 Å². The van der Waals surface area contributed by atoms with Gasteiger partial charge in [-0.15, -0.1) is 0 Å². The van der Waals surface area contributed by atoms with E-state index in [1.807, 2.05) is 0 Å². The number of carbonyl (C=O) groups excluding carboxylic acids is 1. The largest absolute Gasteiger partial charge is 0.512 e. The maximum Gasteiger partial charge on any atom is 0.334 e. The van der Waals surface area contributed by atoms with E-state index in [9.17, 15) is 14.7 Å². The summed E-state index contributed by atoms with van der Waals surface area (Å²) in [5, 5.41) is 18.9. The molecule has 0 rings (SSSR count). The summed E-state index contributed by atoms with van der Waals surface area (Å²) in [7, 11) is 0. The number of aliphatic carboxylic acids is 1. The zero-order valence-corrected chi connectivity index (χ0v) is 18.8. The molecule has 0 aliphatic rings. The quantitative estimate of drug-likeness (QED) is 0.0964. The average Bonchev–Trinajstić information content (AvgIpc) is 2.65. The van der Waals surface area contributed by atoms with E-state index in [1.165, 1.54) is 44.9 Å². The summed E-state index contributed by atoms with van der Waals surface area (Å²) in [5.41, 5.74) is 0. The van der Waals surface area contributed by atoms with Crippen molar-refractivity contribution < 1.29 is 24.5 Å². The molecule has 0 spiro atoms. The van der Waals surface area contributed by atoms with Gasteiger partial charge in [0.15, 0.2) is 0 Å². The molecule has 1 atom stereocenters. The van der Waals surface area contributed by atoms with Crippen molar-refractivity contribution in [3.63, 3.8) is 0 Å². The van der Waals surface area contributed by atoms with Gasteiger partial charge in [0.1, 0.15) is 6.10 Å². The molecule has 0 aromatic heterocycles. The lowest BCUT2D eigenvalue weighted by Gasteiger charge is -2.15. The second-order valence-electron chi connectivity index (χ2n) is 8.07. The van der Waals surface area contributed by atoms with E-state index in [4.69, 9.17) is 9.84 Å². The van der Waals surface area contributed by atoms with Crippen LogP contribution in [0.15, 0.2) is 11.8 Å². The Morgan fingerprint density at radius 1 is 0.759 bits per heavy atom. The molecule has 0 bridgehead atoms. The molecule has 29 heavy (non-hydrogen) atoms. The number of rotatable bonds is 20. The highest BCUT2D eigenvalue weighted by Crippen LogP contribution is 2.15. The van der Waals surface area contributed by atoms with Crippen LogP contribution in [0, 0.1) is 0 Å². The van der Waals surface area contributed by atoms with E-state index in [-0.39, 0.29) is 12.2 Å². The van der Waals surface area contributed by atoms with Crippen LogP contribution in [0.25, 0.3) is 0 Å². The fourth-order valence-electron chi connectivity index (χ4n) is 3.40. The predicted octanol–water partition coefficient (Wildman–Crippen LogP) is 7.10. The summed E-state index contributed by atoms with van der Waals surface area (Å²) in [6, 6.07) is 0. The van der Waals surface area contributed by atoms with E-state index in [1.54, 1.807) is 0 Å². The highest BCUT2D eigenvalue weighted by atomic mass is 16.5. The van der Waals surface area contributed by atoms with Gasteiger partial charge in [0.2, 0.25) is 0 Å². The Balaban J connectivity index is 4.03. The number of carboxylic acids is 1. The zero-order valence-electron chi connectivity index (χ0n) is 18.8. The summed E-state index contributed by atoms with van der Waals surface area (Å²) in [6.45, 7) is 4.36. The molecule has 0 aliphatic heterocycles. The number of carbonyl (C=O) groups is 2. The van der Waals surface area contributed by atoms with Crippen molar-refractivity contribution in [3.05, 3.63) is 11.8 Å². The number of aliphatic hydroxyl groups is 1. The number of ether oxygens (including phenoxy) is 1. The topological polar surface area (TPSA) is 83.8 Å². The number of unbranched alkanes of at least 4 members (excludes halogenated alkanes) is 12. The van der Waals surface area contributed by atoms with Crippen molar-refractivity contribution in [2.45, 2.75) is 129 Å². The highest BCUT2D eigenvalue weighted by molar-refractivity contribution is 5.82. The summed E-state index contributed by atoms with van der Waals surface area (Å²) < 4.78 is 5.27. The Morgan fingerprint density at radius 2 is 1.24 bits per heavy atom. The third-order valence-corrected chi connectivity index (χ3v) is 5.14. The lowest BCUT2D eigenvalue weighted by molar-refractivity contribution is -0.148. The van der Waals surface area contributed by atoms with E-state index in [2.05, 4.69) is 13.8 Å². The first kappa shape index (κ1) is 27.5. The van der Waals surface area contributed by atoms with Crippen LogP contribution < -0.4 is 0 Å². The normalized spacial score (nSPS) is 12.7. The molecule has 0 radical (unpaired) electrons. The number of carboxylic acid groups (broad SMARTS) is 1. The van der Waals surface area contributed by atoms with Gasteiger partial charge in [0, 0.05) is 6.42 Å². The van der Waals surface area contributed by atoms with Crippen molar-refractivity contribution in [3.8, 4) is 0 Å². The third-order valence-electron chi connectivity index (χ3n) is 5.14. The van der Waals surface area contributed by atoms with Crippen LogP contribution in [0.1, 0.15) is 123 Å². The Kier molecular flexibility index (Phi) is 18.7. The maximum absolute atomic E-state index is 12.0. The third kappa shape index (κ3) is 19.6. The lowest BCUT2D eigenvalue weighted by atomic mass is 10.1. The van der Waals surface area contributed by atoms with Crippen molar-refractivity contribution in [1.82, 2.24) is 0 Å². The van der Waals surface area contributed by atoms with Crippen LogP contribution >= 0.6 is 0 Å². The maximum atomic E-state index is 12.0. The smallest absolute Gasteiger partial charge is 0.334 e. The minimum absolute atomic E-state index is 0.0231. The fourth-order valence-corrected chi connectivity index (χ4v) is 3.40. The minimum Gasteiger partial charge on any atom is -0.512 e. The molecule has 5 heteroatoms. The van der Waals surface area contributed by atoms with Crippen molar-refractivity contribution in [2.75, 3.05) is 0 Å². The number of aliphatic hydroxyl groups excluding tert-OH is 1. The molecular formula is C24H44O5. The van der Waals surface area contributed by atoms with Crippen LogP contribution in [0.5, 0.6) is 0 Å². The lowest BCUT2D eigenvalue weighted by Crippen LogP contribution is -2.21. The Morgan fingerprint density at radius 3 is 1.76 bits per heavy atom. The van der Waals surface area contributed by atoms with E-state index in [0.29, 0.717) is 12.8 Å². The molecule has 5 nitrogen and oxygen atoms in total. The average molecular weight is 413 g/mol. The van der Waals surface area contributed by atoms with Crippen LogP contribution in [0.3, 0.4) is 0 Å². The van der Waals surface area contributed by atoms with Gasteiger partial charge < -0.3 is 14.9 Å². The Labute approximate surface area is 177 Å². The fraction of sp³-hybridized carbons (Fsp3) is 0.833. The molecule has 170 valence electrons. The Hall–Kier alpha value is -1.52. The van der Waals surface area contributed by atoms with E-state index in [0.717, 1.165) is 51.0 Å². The molecule has 0 amide bonds. The molecule has 0 saturated heterocycles. The van der Waals surface area contributed by atoms with Gasteiger partial charge in [-0.3, -0.25) is 4.79 Å². The molecule has 0 aromatic rings. The van der Waals surface area contributed by atoms with Gasteiger partial charge in [-0.1, -0.05) is 90.9 Å². The van der Waals surface area contributed by atoms with Gasteiger partial charge in [0.25, 0.3) is 0 Å². The standard InChI is InChI=1S/C24H44O5/c1-3-5-7-9-10-11-12-14-15-17-21(25)19-24(28)29-22(20-23(26)27)18-16-13-8-6-4-2/h19,22,25H,3-18,20H2,1-2H3,(H,26,27). The second kappa shape index (κ2) is 19.8.